The maximum absolute atomic E-state index is 11.4. The highest BCUT2D eigenvalue weighted by molar-refractivity contribution is 7.85. The Labute approximate surface area is 136 Å². The van der Waals surface area contributed by atoms with Crippen molar-refractivity contribution in [1.29, 1.82) is 5.26 Å². The maximum atomic E-state index is 11.4. The Morgan fingerprint density at radius 3 is 2.70 bits per heavy atom. The van der Waals surface area contributed by atoms with Gasteiger partial charge in [-0.05, 0) is 49.2 Å². The minimum absolute atomic E-state index is 0.0450. The third-order valence-electron chi connectivity index (χ3n) is 3.45. The van der Waals surface area contributed by atoms with Crippen LogP contribution in [-0.2, 0) is 23.1 Å². The number of rotatable bonds is 6. The van der Waals surface area contributed by atoms with Gasteiger partial charge in [-0.25, -0.2) is 0 Å². The molecule has 0 aliphatic carbocycles. The molecule has 0 saturated heterocycles. The molecule has 0 saturated carbocycles. The lowest BCUT2D eigenvalue weighted by Gasteiger charge is -2.09. The predicted molar refractivity (Wildman–Crippen MR) is 87.6 cm³/mol. The van der Waals surface area contributed by atoms with E-state index in [-0.39, 0.29) is 4.90 Å². The molecule has 120 valence electrons. The molecule has 2 aromatic rings. The van der Waals surface area contributed by atoms with Gasteiger partial charge in [-0.1, -0.05) is 29.8 Å². The average molecular weight is 330 g/mol. The van der Waals surface area contributed by atoms with Crippen molar-refractivity contribution in [2.24, 2.45) is 0 Å². The van der Waals surface area contributed by atoms with Gasteiger partial charge in [0.1, 0.15) is 0 Å². The third-order valence-corrected chi connectivity index (χ3v) is 4.40. The smallest absolute Gasteiger partial charge is 0.294 e. The lowest BCUT2D eigenvalue weighted by atomic mass is 10.1. The predicted octanol–water partition coefficient (Wildman–Crippen LogP) is 2.45. The van der Waals surface area contributed by atoms with Crippen LogP contribution in [0.2, 0.25) is 0 Å². The fourth-order valence-corrected chi connectivity index (χ4v) is 3.09. The second-order valence-corrected chi connectivity index (χ2v) is 6.72. The van der Waals surface area contributed by atoms with Crippen molar-refractivity contribution < 1.29 is 13.0 Å². The first kappa shape index (κ1) is 17.2. The van der Waals surface area contributed by atoms with E-state index in [9.17, 15) is 13.0 Å². The van der Waals surface area contributed by atoms with E-state index in [0.29, 0.717) is 30.6 Å². The van der Waals surface area contributed by atoms with Gasteiger partial charge >= 0.3 is 0 Å². The highest BCUT2D eigenvalue weighted by atomic mass is 32.2. The van der Waals surface area contributed by atoms with Crippen LogP contribution in [0.25, 0.3) is 0 Å². The third kappa shape index (κ3) is 4.89. The van der Waals surface area contributed by atoms with Gasteiger partial charge in [0.2, 0.25) is 0 Å². The first-order valence-corrected chi connectivity index (χ1v) is 8.61. The molecule has 0 atom stereocenters. The Morgan fingerprint density at radius 2 is 2.00 bits per heavy atom. The van der Waals surface area contributed by atoms with Crippen molar-refractivity contribution >= 4 is 10.1 Å². The highest BCUT2D eigenvalue weighted by Gasteiger charge is 2.14. The minimum Gasteiger partial charge on any atom is -0.312 e. The van der Waals surface area contributed by atoms with E-state index in [1.807, 2.05) is 25.1 Å². The topological polar surface area (TPSA) is 90.2 Å². The lowest BCUT2D eigenvalue weighted by Crippen LogP contribution is -2.18. The Hall–Kier alpha value is -2.20. The van der Waals surface area contributed by atoms with Crippen LogP contribution in [0.15, 0.2) is 47.4 Å². The van der Waals surface area contributed by atoms with Crippen molar-refractivity contribution in [2.75, 3.05) is 6.54 Å². The molecule has 0 aromatic heterocycles. The highest BCUT2D eigenvalue weighted by Crippen LogP contribution is 2.17. The number of hydrogen-bond acceptors (Lipinski definition) is 4. The molecule has 2 aromatic carbocycles. The Bertz CT molecular complexity index is 839. The molecule has 6 heteroatoms. The van der Waals surface area contributed by atoms with E-state index >= 15 is 0 Å². The summed E-state index contributed by atoms with van der Waals surface area (Å²) in [6.45, 7) is 3.02. The Morgan fingerprint density at radius 1 is 1.22 bits per heavy atom. The zero-order valence-electron chi connectivity index (χ0n) is 12.8. The van der Waals surface area contributed by atoms with Gasteiger partial charge < -0.3 is 5.32 Å². The molecule has 0 bridgehead atoms. The van der Waals surface area contributed by atoms with Crippen LogP contribution < -0.4 is 5.32 Å². The van der Waals surface area contributed by atoms with Crippen LogP contribution in [0.5, 0.6) is 0 Å². The Balaban J connectivity index is 1.99. The number of aryl methyl sites for hydroxylation is 1. The van der Waals surface area contributed by atoms with E-state index in [0.717, 1.165) is 11.1 Å². The van der Waals surface area contributed by atoms with Crippen LogP contribution in [0.3, 0.4) is 0 Å². The molecule has 0 fully saturated rings. The van der Waals surface area contributed by atoms with Gasteiger partial charge in [-0.2, -0.15) is 13.7 Å². The van der Waals surface area contributed by atoms with Gasteiger partial charge in [-0.15, -0.1) is 0 Å². The first-order valence-electron chi connectivity index (χ1n) is 7.17. The molecular weight excluding hydrogens is 312 g/mol. The number of nitrogens with zero attached hydrogens (tertiary/aromatic N) is 1. The molecule has 23 heavy (non-hydrogen) atoms. The number of nitriles is 1. The molecule has 5 nitrogen and oxygen atoms in total. The number of benzene rings is 2. The number of hydrogen-bond donors (Lipinski definition) is 2. The second kappa shape index (κ2) is 7.38. The number of nitrogens with one attached hydrogen (secondary N) is 1. The quantitative estimate of drug-likeness (QED) is 0.627. The zero-order valence-corrected chi connectivity index (χ0v) is 13.6. The van der Waals surface area contributed by atoms with Crippen LogP contribution in [-0.4, -0.2) is 19.5 Å². The van der Waals surface area contributed by atoms with Gasteiger partial charge in [0.25, 0.3) is 10.1 Å². The van der Waals surface area contributed by atoms with Crippen molar-refractivity contribution in [3.63, 3.8) is 0 Å². The molecular formula is C17H18N2O3S. The SMILES string of the molecule is Cc1ccc(S(=O)(=O)O)c(CCNCc2cccc(C#N)c2)c1. The first-order chi connectivity index (χ1) is 10.9. The second-order valence-electron chi connectivity index (χ2n) is 5.33. The summed E-state index contributed by atoms with van der Waals surface area (Å²) in [4.78, 5) is -0.0450. The van der Waals surface area contributed by atoms with E-state index in [2.05, 4.69) is 11.4 Å². The molecule has 0 aliphatic heterocycles. The van der Waals surface area contributed by atoms with Crippen LogP contribution in [0, 0.1) is 18.3 Å². The van der Waals surface area contributed by atoms with Crippen LogP contribution >= 0.6 is 0 Å². The molecule has 0 unspecified atom stereocenters. The molecule has 0 radical (unpaired) electrons. The van der Waals surface area contributed by atoms with Crippen molar-refractivity contribution in [3.8, 4) is 6.07 Å². The van der Waals surface area contributed by atoms with Crippen LogP contribution in [0.1, 0.15) is 22.3 Å². The van der Waals surface area contributed by atoms with Crippen molar-refractivity contribution in [1.82, 2.24) is 5.32 Å². The maximum Gasteiger partial charge on any atom is 0.294 e. The molecule has 0 amide bonds. The summed E-state index contributed by atoms with van der Waals surface area (Å²) in [7, 11) is -4.21. The summed E-state index contributed by atoms with van der Waals surface area (Å²) in [5.74, 6) is 0. The van der Waals surface area contributed by atoms with Gasteiger partial charge in [-0.3, -0.25) is 4.55 Å². The van der Waals surface area contributed by atoms with Gasteiger partial charge in [0.05, 0.1) is 16.5 Å². The summed E-state index contributed by atoms with van der Waals surface area (Å²) < 4.78 is 32.1. The molecule has 2 N–H and O–H groups in total. The monoisotopic (exact) mass is 330 g/mol. The van der Waals surface area contributed by atoms with E-state index in [4.69, 9.17) is 5.26 Å². The van der Waals surface area contributed by atoms with E-state index in [1.54, 1.807) is 18.2 Å². The zero-order chi connectivity index (χ0) is 16.9. The van der Waals surface area contributed by atoms with Crippen molar-refractivity contribution in [2.45, 2.75) is 24.8 Å². The van der Waals surface area contributed by atoms with E-state index < -0.39 is 10.1 Å². The van der Waals surface area contributed by atoms with Gasteiger partial charge in [0, 0.05) is 6.54 Å². The van der Waals surface area contributed by atoms with Crippen molar-refractivity contribution in [3.05, 3.63) is 64.7 Å². The fraction of sp³-hybridized carbons (Fsp3) is 0.235. The standard InChI is InChI=1S/C17H18N2O3S/c1-13-5-6-17(23(20,21)22)16(9-13)7-8-19-12-15-4-2-3-14(10-15)11-18/h2-6,9-10,19H,7-8,12H2,1H3,(H,20,21,22). The summed E-state index contributed by atoms with van der Waals surface area (Å²) in [6, 6.07) is 14.2. The minimum atomic E-state index is -4.21. The largest absolute Gasteiger partial charge is 0.312 e. The molecule has 2 rings (SSSR count). The molecule has 0 aliphatic rings. The van der Waals surface area contributed by atoms with Gasteiger partial charge in [0.15, 0.2) is 0 Å². The normalized spacial score (nSPS) is 11.2. The summed E-state index contributed by atoms with van der Waals surface area (Å²) in [5, 5.41) is 12.1. The van der Waals surface area contributed by atoms with Crippen LogP contribution in [0.4, 0.5) is 0 Å². The summed E-state index contributed by atoms with van der Waals surface area (Å²) in [5.41, 5.74) is 3.12. The average Bonchev–Trinajstić information content (AvgIpc) is 2.50. The molecule has 0 spiro atoms. The fourth-order valence-electron chi connectivity index (χ4n) is 2.36. The lowest BCUT2D eigenvalue weighted by molar-refractivity contribution is 0.482. The molecule has 0 heterocycles. The summed E-state index contributed by atoms with van der Waals surface area (Å²) >= 11 is 0. The Kier molecular flexibility index (Phi) is 5.50. The van der Waals surface area contributed by atoms with E-state index in [1.165, 1.54) is 6.07 Å². The summed E-state index contributed by atoms with van der Waals surface area (Å²) in [6.07, 6.45) is 0.481.